The number of ether oxygens (including phenoxy) is 1. The lowest BCUT2D eigenvalue weighted by atomic mass is 9.98. The molecule has 2 rings (SSSR count). The van der Waals surface area contributed by atoms with Gasteiger partial charge in [0.25, 0.3) is 0 Å². The lowest BCUT2D eigenvalue weighted by Gasteiger charge is -2.27. The van der Waals surface area contributed by atoms with E-state index in [9.17, 15) is 0 Å². The Morgan fingerprint density at radius 3 is 2.57 bits per heavy atom. The van der Waals surface area contributed by atoms with Crippen molar-refractivity contribution in [1.82, 2.24) is 5.32 Å². The van der Waals surface area contributed by atoms with Crippen molar-refractivity contribution in [2.45, 2.75) is 25.3 Å². The summed E-state index contributed by atoms with van der Waals surface area (Å²) in [6, 6.07) is 9.12. The zero-order valence-electron chi connectivity index (χ0n) is 8.62. The number of aryl methyl sites for hydroxylation is 1. The summed E-state index contributed by atoms with van der Waals surface area (Å²) in [5, 5.41) is 3.41. The molecule has 0 bridgehead atoms. The van der Waals surface area contributed by atoms with Crippen LogP contribution >= 0.6 is 0 Å². The highest BCUT2D eigenvalue weighted by molar-refractivity contribution is 5.27. The van der Waals surface area contributed by atoms with Crippen LogP contribution in [0.4, 0.5) is 0 Å². The molecule has 0 aliphatic carbocycles. The molecular weight excluding hydrogens is 174 g/mol. The lowest BCUT2D eigenvalue weighted by molar-refractivity contribution is 0.351. The van der Waals surface area contributed by atoms with Gasteiger partial charge >= 0.3 is 0 Å². The number of methoxy groups -OCH3 is 1. The summed E-state index contributed by atoms with van der Waals surface area (Å²) in [5.41, 5.74) is 1.40. The molecule has 1 aliphatic rings. The standard InChI is InChI=1S/C12H17NO/c1-14-12-6-3-10(4-7-12)2-5-11-8-9-13-11/h3-4,6-7,11,13H,2,5,8-9H2,1H3/t11-/m1/s1. The minimum Gasteiger partial charge on any atom is -0.497 e. The zero-order valence-corrected chi connectivity index (χ0v) is 8.62. The van der Waals surface area contributed by atoms with Gasteiger partial charge in [-0.15, -0.1) is 0 Å². The Labute approximate surface area is 85.3 Å². The highest BCUT2D eigenvalue weighted by Crippen LogP contribution is 2.15. The van der Waals surface area contributed by atoms with Crippen molar-refractivity contribution in [3.63, 3.8) is 0 Å². The second-order valence-corrected chi connectivity index (χ2v) is 3.83. The number of nitrogens with one attached hydrogen (secondary N) is 1. The largest absolute Gasteiger partial charge is 0.497 e. The van der Waals surface area contributed by atoms with Crippen molar-refractivity contribution >= 4 is 0 Å². The maximum atomic E-state index is 5.11. The van der Waals surface area contributed by atoms with Crippen molar-refractivity contribution in [2.24, 2.45) is 0 Å². The summed E-state index contributed by atoms with van der Waals surface area (Å²) in [4.78, 5) is 0. The summed E-state index contributed by atoms with van der Waals surface area (Å²) in [6.45, 7) is 1.20. The molecule has 2 nitrogen and oxygen atoms in total. The third-order valence-corrected chi connectivity index (χ3v) is 2.87. The van der Waals surface area contributed by atoms with Gasteiger partial charge in [-0.05, 0) is 43.5 Å². The molecule has 1 saturated heterocycles. The lowest BCUT2D eigenvalue weighted by Crippen LogP contribution is -2.42. The Morgan fingerprint density at radius 1 is 1.36 bits per heavy atom. The Bertz CT molecular complexity index is 277. The smallest absolute Gasteiger partial charge is 0.118 e. The normalized spacial score (nSPS) is 20.2. The van der Waals surface area contributed by atoms with Gasteiger partial charge in [0.1, 0.15) is 5.75 Å². The minimum absolute atomic E-state index is 0.761. The molecule has 1 heterocycles. The molecule has 0 saturated carbocycles. The molecule has 0 unspecified atom stereocenters. The molecule has 2 heteroatoms. The minimum atomic E-state index is 0.761. The molecule has 1 fully saturated rings. The van der Waals surface area contributed by atoms with Gasteiger partial charge in [0, 0.05) is 6.04 Å². The molecular formula is C12H17NO. The molecule has 1 atom stereocenters. The molecule has 1 aromatic carbocycles. The molecule has 1 N–H and O–H groups in total. The number of benzene rings is 1. The fraction of sp³-hybridized carbons (Fsp3) is 0.500. The predicted octanol–water partition coefficient (Wildman–Crippen LogP) is 1.99. The van der Waals surface area contributed by atoms with E-state index < -0.39 is 0 Å². The van der Waals surface area contributed by atoms with E-state index in [0.29, 0.717) is 0 Å². The van der Waals surface area contributed by atoms with Gasteiger partial charge in [0.2, 0.25) is 0 Å². The van der Waals surface area contributed by atoms with E-state index in [2.05, 4.69) is 17.4 Å². The van der Waals surface area contributed by atoms with Gasteiger partial charge < -0.3 is 10.1 Å². The quantitative estimate of drug-likeness (QED) is 0.786. The second kappa shape index (κ2) is 4.47. The predicted molar refractivity (Wildman–Crippen MR) is 57.7 cm³/mol. The summed E-state index contributed by atoms with van der Waals surface area (Å²) >= 11 is 0. The van der Waals surface area contributed by atoms with Gasteiger partial charge in [0.05, 0.1) is 7.11 Å². The van der Waals surface area contributed by atoms with Gasteiger partial charge in [0.15, 0.2) is 0 Å². The highest BCUT2D eigenvalue weighted by atomic mass is 16.5. The molecule has 0 spiro atoms. The highest BCUT2D eigenvalue weighted by Gasteiger charge is 2.15. The van der Waals surface area contributed by atoms with Gasteiger partial charge in [-0.1, -0.05) is 12.1 Å². The van der Waals surface area contributed by atoms with Crippen LogP contribution in [0.5, 0.6) is 5.75 Å². The maximum absolute atomic E-state index is 5.11. The molecule has 76 valence electrons. The van der Waals surface area contributed by atoms with Crippen molar-refractivity contribution < 1.29 is 4.74 Å². The van der Waals surface area contributed by atoms with Crippen molar-refractivity contribution in [3.05, 3.63) is 29.8 Å². The van der Waals surface area contributed by atoms with E-state index in [1.807, 2.05) is 12.1 Å². The summed E-state index contributed by atoms with van der Waals surface area (Å²) in [6.07, 6.45) is 3.77. The summed E-state index contributed by atoms with van der Waals surface area (Å²) < 4.78 is 5.11. The second-order valence-electron chi connectivity index (χ2n) is 3.83. The van der Waals surface area contributed by atoms with Gasteiger partial charge in [-0.2, -0.15) is 0 Å². The van der Waals surface area contributed by atoms with E-state index in [-0.39, 0.29) is 0 Å². The van der Waals surface area contributed by atoms with Gasteiger partial charge in [-0.25, -0.2) is 0 Å². The first-order chi connectivity index (χ1) is 6.88. The third kappa shape index (κ3) is 2.26. The number of hydrogen-bond donors (Lipinski definition) is 1. The SMILES string of the molecule is COc1ccc(CC[C@@H]2CCN2)cc1. The van der Waals surface area contributed by atoms with Gasteiger partial charge in [-0.3, -0.25) is 0 Å². The van der Waals surface area contributed by atoms with Crippen LogP contribution < -0.4 is 10.1 Å². The maximum Gasteiger partial charge on any atom is 0.118 e. The van der Waals surface area contributed by atoms with E-state index >= 15 is 0 Å². The molecule has 1 aromatic rings. The Kier molecular flexibility index (Phi) is 3.04. The first-order valence-corrected chi connectivity index (χ1v) is 5.25. The van der Waals surface area contributed by atoms with Crippen LogP contribution in [0, 0.1) is 0 Å². The Hall–Kier alpha value is -1.02. The third-order valence-electron chi connectivity index (χ3n) is 2.87. The topological polar surface area (TPSA) is 21.3 Å². The van der Waals surface area contributed by atoms with E-state index in [1.165, 1.54) is 31.4 Å². The summed E-state index contributed by atoms with van der Waals surface area (Å²) in [7, 11) is 1.70. The Balaban J connectivity index is 1.83. The van der Waals surface area contributed by atoms with Crippen molar-refractivity contribution in [1.29, 1.82) is 0 Å². The number of rotatable bonds is 4. The average Bonchev–Trinajstić information content (AvgIpc) is 2.16. The molecule has 0 aromatic heterocycles. The summed E-state index contributed by atoms with van der Waals surface area (Å²) in [5.74, 6) is 0.940. The molecule has 1 aliphatic heterocycles. The molecule has 14 heavy (non-hydrogen) atoms. The van der Waals surface area contributed by atoms with Crippen molar-refractivity contribution in [2.75, 3.05) is 13.7 Å². The first-order valence-electron chi connectivity index (χ1n) is 5.25. The van der Waals surface area contributed by atoms with E-state index in [4.69, 9.17) is 4.74 Å². The van der Waals surface area contributed by atoms with Crippen LogP contribution in [0.1, 0.15) is 18.4 Å². The van der Waals surface area contributed by atoms with Crippen LogP contribution in [0.15, 0.2) is 24.3 Å². The monoisotopic (exact) mass is 191 g/mol. The molecule has 0 amide bonds. The fourth-order valence-corrected chi connectivity index (χ4v) is 1.73. The van der Waals surface area contributed by atoms with Crippen LogP contribution in [0.25, 0.3) is 0 Å². The van der Waals surface area contributed by atoms with Crippen LogP contribution in [0.2, 0.25) is 0 Å². The van der Waals surface area contributed by atoms with Crippen LogP contribution in [-0.4, -0.2) is 19.7 Å². The first kappa shape index (κ1) is 9.53. The molecule has 0 radical (unpaired) electrons. The van der Waals surface area contributed by atoms with Crippen LogP contribution in [-0.2, 0) is 6.42 Å². The van der Waals surface area contributed by atoms with Crippen LogP contribution in [0.3, 0.4) is 0 Å². The Morgan fingerprint density at radius 2 is 2.07 bits per heavy atom. The average molecular weight is 191 g/mol. The van der Waals surface area contributed by atoms with E-state index in [1.54, 1.807) is 7.11 Å². The van der Waals surface area contributed by atoms with E-state index in [0.717, 1.165) is 11.8 Å². The fourth-order valence-electron chi connectivity index (χ4n) is 1.73. The zero-order chi connectivity index (χ0) is 9.80. The number of hydrogen-bond acceptors (Lipinski definition) is 2. The van der Waals surface area contributed by atoms with Crippen molar-refractivity contribution in [3.8, 4) is 5.75 Å².